The fourth-order valence-corrected chi connectivity index (χ4v) is 1.87. The summed E-state index contributed by atoms with van der Waals surface area (Å²) in [5, 5.41) is 4.51. The lowest BCUT2D eigenvalue weighted by atomic mass is 10.2. The van der Waals surface area contributed by atoms with Gasteiger partial charge in [0.15, 0.2) is 0 Å². The van der Waals surface area contributed by atoms with Gasteiger partial charge in [0, 0.05) is 0 Å². The predicted octanol–water partition coefficient (Wildman–Crippen LogP) is 5.25. The Morgan fingerprint density at radius 2 is 1.14 bits per heavy atom. The second kappa shape index (κ2) is 12.9. The molecule has 0 heterocycles. The van der Waals surface area contributed by atoms with Gasteiger partial charge in [-0.15, -0.1) is 12.1 Å². The first-order valence-electron chi connectivity index (χ1n) is 8.12. The van der Waals surface area contributed by atoms with E-state index in [2.05, 4.69) is 42.1 Å². The van der Waals surface area contributed by atoms with E-state index in [1.807, 2.05) is 0 Å². The molecule has 0 N–H and O–H groups in total. The van der Waals surface area contributed by atoms with E-state index < -0.39 is 45.7 Å². The van der Waals surface area contributed by atoms with Crippen molar-refractivity contribution in [3.63, 3.8) is 0 Å². The summed E-state index contributed by atoms with van der Waals surface area (Å²) in [6, 6.07) is 1.11. The molecule has 28 heavy (non-hydrogen) atoms. The Bertz CT molecular complexity index is 435. The number of rotatable bonds is 12. The fourth-order valence-electron chi connectivity index (χ4n) is 1.14. The van der Waals surface area contributed by atoms with E-state index in [1.165, 1.54) is 12.8 Å². The van der Waals surface area contributed by atoms with Crippen LogP contribution in [-0.4, -0.2) is 50.0 Å². The average molecular weight is 453 g/mol. The Morgan fingerprint density at radius 3 is 1.36 bits per heavy atom. The summed E-state index contributed by atoms with van der Waals surface area (Å²) in [5.41, 5.74) is 0. The van der Waals surface area contributed by atoms with E-state index in [-0.39, 0.29) is 0 Å². The third-order valence-corrected chi connectivity index (χ3v) is 4.05. The highest BCUT2D eigenvalue weighted by Gasteiger charge is 2.44. The van der Waals surface area contributed by atoms with Gasteiger partial charge in [-0.05, 0) is 0 Å². The molecule has 0 aromatic heterocycles. The highest BCUT2D eigenvalue weighted by Crippen LogP contribution is 2.42. The maximum absolute atomic E-state index is 12.2. The van der Waals surface area contributed by atoms with Crippen LogP contribution in [-0.2, 0) is 13.6 Å². The first kappa shape index (κ1) is 29.7. The first-order valence-corrected chi connectivity index (χ1v) is 9.58. The summed E-state index contributed by atoms with van der Waals surface area (Å²) in [6.07, 6.45) is -6.20. The van der Waals surface area contributed by atoms with Crippen LogP contribution in [0.3, 0.4) is 0 Å². The lowest BCUT2D eigenvalue weighted by Crippen LogP contribution is -2.35. The molecule has 14 heteroatoms. The molecule has 0 radical (unpaired) electrons. The molecule has 0 aliphatic heterocycles. The Kier molecular flexibility index (Phi) is 13.7. The Labute approximate surface area is 158 Å². The van der Waals surface area contributed by atoms with E-state index >= 15 is 0 Å². The van der Waals surface area contributed by atoms with Gasteiger partial charge < -0.3 is 19.3 Å². The average Bonchev–Trinajstić information content (AvgIpc) is 2.58. The summed E-state index contributed by atoms with van der Waals surface area (Å²) in [5.74, 6) is -9.73. The van der Waals surface area contributed by atoms with Gasteiger partial charge in [0.2, 0.25) is 0 Å². The van der Waals surface area contributed by atoms with Gasteiger partial charge in [0.05, 0.1) is 0 Å². The Hall–Kier alpha value is -0.490. The van der Waals surface area contributed by atoms with Crippen LogP contribution < -0.4 is 4.89 Å². The largest absolute Gasteiger partial charge is 0.756 e. The quantitative estimate of drug-likeness (QED) is 0.299. The van der Waals surface area contributed by atoms with Crippen LogP contribution in [0.2, 0.25) is 0 Å². The van der Waals surface area contributed by atoms with Gasteiger partial charge >= 0.3 is 24.7 Å². The number of hydrogen-bond acceptors (Lipinski definition) is 4. The number of phosphoric ester groups is 1. The molecule has 0 spiro atoms. The van der Waals surface area contributed by atoms with Gasteiger partial charge in [0.1, 0.15) is 13.2 Å². The van der Waals surface area contributed by atoms with Crippen molar-refractivity contribution in [3.8, 4) is 0 Å². The predicted molar refractivity (Wildman–Crippen MR) is 84.3 cm³/mol. The van der Waals surface area contributed by atoms with Crippen molar-refractivity contribution in [2.75, 3.05) is 13.2 Å². The molecule has 0 aliphatic rings. The van der Waals surface area contributed by atoms with E-state index in [0.29, 0.717) is 12.1 Å². The number of alkyl halides is 8. The van der Waals surface area contributed by atoms with Crippen LogP contribution in [0.5, 0.6) is 0 Å². The monoisotopic (exact) mass is 453 g/mol. The third kappa shape index (κ3) is 13.6. The maximum atomic E-state index is 12.2. The third-order valence-electron chi connectivity index (χ3n) is 3.16. The van der Waals surface area contributed by atoms with E-state index in [0.717, 1.165) is 0 Å². The Morgan fingerprint density at radius 1 is 0.857 bits per heavy atom. The second-order valence-electron chi connectivity index (χ2n) is 5.78. The SMILES string of the molecule is CCC(C)[N-]C(C)CC.O=P([O-])(OCC(F)(F)C(F)F)OCC(F)(F)C(F)F. The smallest absolute Gasteiger partial charge is 0.330 e. The Balaban J connectivity index is 0. The van der Waals surface area contributed by atoms with E-state index in [9.17, 15) is 44.6 Å². The van der Waals surface area contributed by atoms with Gasteiger partial charge in [-0.2, -0.15) is 17.6 Å². The molecule has 5 nitrogen and oxygen atoms in total. The topological polar surface area (TPSA) is 72.7 Å². The van der Waals surface area contributed by atoms with Crippen LogP contribution >= 0.6 is 7.82 Å². The van der Waals surface area contributed by atoms with Crippen LogP contribution in [0.1, 0.15) is 40.5 Å². The van der Waals surface area contributed by atoms with E-state index in [1.54, 1.807) is 0 Å². The molecule has 172 valence electrons. The number of phosphoric acid groups is 1. The van der Waals surface area contributed by atoms with Crippen molar-refractivity contribution in [1.29, 1.82) is 0 Å². The van der Waals surface area contributed by atoms with Crippen molar-refractivity contribution in [1.82, 2.24) is 0 Å². The molecule has 0 rings (SSSR count). The number of hydrogen-bond donors (Lipinski definition) is 0. The molecular weight excluding hydrogens is 429 g/mol. The zero-order valence-electron chi connectivity index (χ0n) is 15.7. The van der Waals surface area contributed by atoms with Crippen molar-refractivity contribution in [3.05, 3.63) is 5.32 Å². The molecule has 0 saturated carbocycles. The summed E-state index contributed by atoms with van der Waals surface area (Å²) in [4.78, 5) is 10.6. The minimum absolute atomic E-state index is 0.556. The normalized spacial score (nSPS) is 15.4. The van der Waals surface area contributed by atoms with Crippen molar-refractivity contribution in [2.24, 2.45) is 0 Å². The number of halogens is 8. The molecule has 0 aromatic rings. The molecule has 0 amide bonds. The zero-order valence-corrected chi connectivity index (χ0v) is 16.6. The van der Waals surface area contributed by atoms with Crippen LogP contribution in [0.4, 0.5) is 35.1 Å². The lowest BCUT2D eigenvalue weighted by Gasteiger charge is -2.33. The van der Waals surface area contributed by atoms with E-state index in [4.69, 9.17) is 0 Å². The number of nitrogens with zero attached hydrogens (tertiary/aromatic N) is 1. The minimum Gasteiger partial charge on any atom is -0.756 e. The molecule has 2 atom stereocenters. The van der Waals surface area contributed by atoms with Crippen molar-refractivity contribution >= 4 is 7.82 Å². The molecule has 0 fully saturated rings. The summed E-state index contributed by atoms with van der Waals surface area (Å²) < 4.78 is 112. The second-order valence-corrected chi connectivity index (χ2v) is 7.19. The molecule has 0 bridgehead atoms. The molecule has 2 unspecified atom stereocenters. The van der Waals surface area contributed by atoms with Gasteiger partial charge in [-0.3, -0.25) is 4.57 Å². The van der Waals surface area contributed by atoms with Gasteiger partial charge in [0.25, 0.3) is 7.82 Å². The van der Waals surface area contributed by atoms with Crippen molar-refractivity contribution in [2.45, 2.75) is 77.3 Å². The fraction of sp³-hybridized carbons (Fsp3) is 1.00. The first-order chi connectivity index (χ1) is 12.5. The highest BCUT2D eigenvalue weighted by molar-refractivity contribution is 7.45. The summed E-state index contributed by atoms with van der Waals surface area (Å²) in [7, 11) is -5.84. The summed E-state index contributed by atoms with van der Waals surface area (Å²) >= 11 is 0. The maximum Gasteiger partial charge on any atom is 0.330 e. The van der Waals surface area contributed by atoms with Gasteiger partial charge in [-0.25, -0.2) is 17.6 Å². The molecule has 0 aromatic carbocycles. The van der Waals surface area contributed by atoms with Crippen molar-refractivity contribution < 1.29 is 53.6 Å². The molecule has 0 saturated heterocycles. The minimum atomic E-state index is -5.84. The molecule has 0 aliphatic carbocycles. The summed E-state index contributed by atoms with van der Waals surface area (Å²) in [6.45, 7) is 3.96. The standard InChI is InChI=1S/C8H18N.C6H7F8O4P/c1-5-7(3)9-8(4)6-2;7-3(8)5(11,12)1-17-19(15,16)18-2-6(13,14)4(9)10/h7-8H,5-6H2,1-4H3;3-4H,1-2H2,(H,15,16)/q-1;/p-1. The molecular formula is C14H24F8NO4P-2. The van der Waals surface area contributed by atoms with Crippen LogP contribution in [0, 0.1) is 0 Å². The highest BCUT2D eigenvalue weighted by atomic mass is 31.2. The van der Waals surface area contributed by atoms with Crippen LogP contribution in [0.25, 0.3) is 5.32 Å². The van der Waals surface area contributed by atoms with Crippen LogP contribution in [0.15, 0.2) is 0 Å². The van der Waals surface area contributed by atoms with Gasteiger partial charge in [-0.1, -0.05) is 40.5 Å². The lowest BCUT2D eigenvalue weighted by molar-refractivity contribution is -0.246. The zero-order chi connectivity index (χ0) is 22.8.